The topological polar surface area (TPSA) is 70.5 Å². The highest BCUT2D eigenvalue weighted by atomic mass is 32.1. The predicted octanol–water partition coefficient (Wildman–Crippen LogP) is 2.04. The molecular formula is C14H12N2O3S. The molecule has 1 aliphatic heterocycles. The number of rotatable bonds is 2. The van der Waals surface area contributed by atoms with E-state index in [0.29, 0.717) is 30.0 Å². The quantitative estimate of drug-likeness (QED) is 0.918. The van der Waals surface area contributed by atoms with Gasteiger partial charge in [-0.05, 0) is 23.6 Å². The van der Waals surface area contributed by atoms with Crippen molar-refractivity contribution in [1.82, 2.24) is 9.88 Å². The molecule has 0 saturated carbocycles. The van der Waals surface area contributed by atoms with Gasteiger partial charge in [0.15, 0.2) is 0 Å². The lowest BCUT2D eigenvalue weighted by Crippen LogP contribution is -2.36. The van der Waals surface area contributed by atoms with E-state index < -0.39 is 5.97 Å². The molecule has 2 heterocycles. The summed E-state index contributed by atoms with van der Waals surface area (Å²) in [7, 11) is 0. The van der Waals surface area contributed by atoms with E-state index in [0.717, 1.165) is 11.1 Å². The Hall–Kier alpha value is -2.21. The van der Waals surface area contributed by atoms with Gasteiger partial charge in [-0.1, -0.05) is 12.1 Å². The number of carbonyl (C=O) groups is 2. The minimum absolute atomic E-state index is 0.0427. The lowest BCUT2D eigenvalue weighted by atomic mass is 9.94. The molecule has 1 amide bonds. The van der Waals surface area contributed by atoms with Gasteiger partial charge in [-0.2, -0.15) is 0 Å². The maximum Gasteiger partial charge on any atom is 0.335 e. The summed E-state index contributed by atoms with van der Waals surface area (Å²) in [6.07, 6.45) is 2.14. The van der Waals surface area contributed by atoms with E-state index in [1.54, 1.807) is 28.7 Å². The Bertz CT molecular complexity index is 667. The van der Waals surface area contributed by atoms with E-state index in [2.05, 4.69) is 4.98 Å². The highest BCUT2D eigenvalue weighted by Crippen LogP contribution is 2.24. The van der Waals surface area contributed by atoms with Gasteiger partial charge in [0.2, 0.25) is 0 Å². The smallest absolute Gasteiger partial charge is 0.335 e. The number of hydrogen-bond donors (Lipinski definition) is 1. The number of carboxylic acids is 1. The van der Waals surface area contributed by atoms with Crippen LogP contribution < -0.4 is 0 Å². The Labute approximate surface area is 119 Å². The van der Waals surface area contributed by atoms with Crippen LogP contribution >= 0.6 is 11.3 Å². The third-order valence-corrected chi connectivity index (χ3v) is 4.19. The Balaban J connectivity index is 1.88. The summed E-state index contributed by atoms with van der Waals surface area (Å²) in [4.78, 5) is 29.7. The molecule has 1 N–H and O–H groups in total. The third-order valence-electron chi connectivity index (χ3n) is 3.43. The fraction of sp³-hybridized carbons (Fsp3) is 0.214. The van der Waals surface area contributed by atoms with E-state index in [1.807, 2.05) is 6.07 Å². The maximum absolute atomic E-state index is 12.3. The molecule has 20 heavy (non-hydrogen) atoms. The van der Waals surface area contributed by atoms with E-state index in [-0.39, 0.29) is 5.91 Å². The van der Waals surface area contributed by atoms with Crippen LogP contribution in [-0.2, 0) is 13.0 Å². The molecule has 0 saturated heterocycles. The largest absolute Gasteiger partial charge is 0.478 e. The first kappa shape index (κ1) is 12.8. The molecule has 1 aliphatic rings. The number of carbonyl (C=O) groups excluding carboxylic acids is 1. The first-order valence-electron chi connectivity index (χ1n) is 6.18. The zero-order valence-electron chi connectivity index (χ0n) is 10.6. The van der Waals surface area contributed by atoms with Crippen molar-refractivity contribution in [2.24, 2.45) is 0 Å². The summed E-state index contributed by atoms with van der Waals surface area (Å²) in [6, 6.07) is 5.22. The molecule has 0 atom stereocenters. The number of thiazole rings is 1. The van der Waals surface area contributed by atoms with Gasteiger partial charge in [0.05, 0.1) is 17.3 Å². The first-order valence-corrected chi connectivity index (χ1v) is 7.06. The Morgan fingerprint density at radius 1 is 1.35 bits per heavy atom. The van der Waals surface area contributed by atoms with Crippen molar-refractivity contribution in [2.45, 2.75) is 13.0 Å². The highest BCUT2D eigenvalue weighted by Gasteiger charge is 2.25. The Kier molecular flexibility index (Phi) is 3.23. The fourth-order valence-corrected chi connectivity index (χ4v) is 3.05. The van der Waals surface area contributed by atoms with Gasteiger partial charge >= 0.3 is 5.97 Å². The molecular weight excluding hydrogens is 276 g/mol. The summed E-state index contributed by atoms with van der Waals surface area (Å²) in [5.74, 6) is -0.956. The minimum atomic E-state index is -0.913. The molecule has 0 spiro atoms. The molecule has 1 aromatic heterocycles. The molecule has 3 rings (SSSR count). The molecule has 6 heteroatoms. The summed E-state index contributed by atoms with van der Waals surface area (Å²) < 4.78 is 0. The van der Waals surface area contributed by atoms with Crippen molar-refractivity contribution >= 4 is 23.2 Å². The molecule has 2 aromatic rings. The number of nitrogens with zero attached hydrogens (tertiary/aromatic N) is 2. The monoisotopic (exact) mass is 288 g/mol. The van der Waals surface area contributed by atoms with Crippen LogP contribution in [0.5, 0.6) is 0 Å². The van der Waals surface area contributed by atoms with Crippen LogP contribution in [-0.4, -0.2) is 33.4 Å². The van der Waals surface area contributed by atoms with Crippen LogP contribution in [0.1, 0.15) is 31.2 Å². The van der Waals surface area contributed by atoms with Crippen LogP contribution in [0.2, 0.25) is 0 Å². The lowest BCUT2D eigenvalue weighted by molar-refractivity contribution is 0.0694. The zero-order valence-corrected chi connectivity index (χ0v) is 11.4. The number of aromatic carboxylic acids is 1. The molecule has 1 aromatic carbocycles. The standard InChI is InChI=1S/C14H12N2O3S/c17-13(12-6-15-8-20-12)16-5-4-10-9(7-16)2-1-3-11(10)14(18)19/h1-3,6,8H,4-5,7H2,(H,18,19). The molecule has 0 bridgehead atoms. The van der Waals surface area contributed by atoms with Gasteiger partial charge in [0.1, 0.15) is 4.88 Å². The number of hydrogen-bond acceptors (Lipinski definition) is 4. The maximum atomic E-state index is 12.3. The number of benzene rings is 1. The summed E-state index contributed by atoms with van der Waals surface area (Å²) in [5.41, 5.74) is 3.72. The molecule has 0 unspecified atom stereocenters. The number of carboxylic acid groups (broad SMARTS) is 1. The van der Waals surface area contributed by atoms with E-state index in [9.17, 15) is 14.7 Å². The first-order chi connectivity index (χ1) is 9.66. The second kappa shape index (κ2) is 5.05. The summed E-state index contributed by atoms with van der Waals surface area (Å²) in [5, 5.41) is 9.18. The number of fused-ring (bicyclic) bond motifs is 1. The summed E-state index contributed by atoms with van der Waals surface area (Å²) in [6.45, 7) is 0.987. The zero-order chi connectivity index (χ0) is 14.1. The number of amides is 1. The third kappa shape index (κ3) is 2.18. The van der Waals surface area contributed by atoms with Crippen molar-refractivity contribution in [3.05, 3.63) is 51.5 Å². The van der Waals surface area contributed by atoms with Gasteiger partial charge in [-0.15, -0.1) is 11.3 Å². The normalized spacial score (nSPS) is 13.9. The highest BCUT2D eigenvalue weighted by molar-refractivity contribution is 7.11. The minimum Gasteiger partial charge on any atom is -0.478 e. The average molecular weight is 288 g/mol. The van der Waals surface area contributed by atoms with Crippen LogP contribution in [0, 0.1) is 0 Å². The van der Waals surface area contributed by atoms with Gasteiger partial charge in [0, 0.05) is 13.1 Å². The molecule has 0 fully saturated rings. The van der Waals surface area contributed by atoms with Crippen molar-refractivity contribution < 1.29 is 14.7 Å². The van der Waals surface area contributed by atoms with Crippen LogP contribution in [0.15, 0.2) is 29.9 Å². The van der Waals surface area contributed by atoms with Gasteiger partial charge in [-0.25, -0.2) is 4.79 Å². The Morgan fingerprint density at radius 2 is 2.20 bits per heavy atom. The van der Waals surface area contributed by atoms with Crippen molar-refractivity contribution in [3.8, 4) is 0 Å². The van der Waals surface area contributed by atoms with Gasteiger partial charge in [-0.3, -0.25) is 9.78 Å². The van der Waals surface area contributed by atoms with Crippen molar-refractivity contribution in [2.75, 3.05) is 6.54 Å². The SMILES string of the molecule is O=C(O)c1cccc2c1CCN(C(=O)c1cncs1)C2. The van der Waals surface area contributed by atoms with Gasteiger partial charge in [0.25, 0.3) is 5.91 Å². The van der Waals surface area contributed by atoms with E-state index >= 15 is 0 Å². The second-order valence-electron chi connectivity index (χ2n) is 4.59. The Morgan fingerprint density at radius 3 is 2.90 bits per heavy atom. The molecule has 5 nitrogen and oxygen atoms in total. The molecule has 102 valence electrons. The fourth-order valence-electron chi connectivity index (χ4n) is 2.46. The van der Waals surface area contributed by atoms with E-state index in [1.165, 1.54) is 11.3 Å². The second-order valence-corrected chi connectivity index (χ2v) is 5.48. The van der Waals surface area contributed by atoms with Crippen LogP contribution in [0.3, 0.4) is 0 Å². The molecule has 0 radical (unpaired) electrons. The van der Waals surface area contributed by atoms with Crippen molar-refractivity contribution in [3.63, 3.8) is 0 Å². The predicted molar refractivity (Wildman–Crippen MR) is 74.0 cm³/mol. The average Bonchev–Trinajstić information content (AvgIpc) is 2.99. The lowest BCUT2D eigenvalue weighted by Gasteiger charge is -2.29. The summed E-state index contributed by atoms with van der Waals surface area (Å²) >= 11 is 1.32. The number of aromatic nitrogens is 1. The van der Waals surface area contributed by atoms with Crippen molar-refractivity contribution in [1.29, 1.82) is 0 Å². The van der Waals surface area contributed by atoms with Gasteiger partial charge < -0.3 is 10.0 Å². The van der Waals surface area contributed by atoms with Crippen LogP contribution in [0.4, 0.5) is 0 Å². The van der Waals surface area contributed by atoms with E-state index in [4.69, 9.17) is 0 Å². The molecule has 0 aliphatic carbocycles. The van der Waals surface area contributed by atoms with Crippen LogP contribution in [0.25, 0.3) is 0 Å².